The molecule has 1 amide bonds. The Balaban J connectivity index is 2.49. The molecular weight excluding hydrogens is 224 g/mol. The summed E-state index contributed by atoms with van der Waals surface area (Å²) < 4.78 is 0. The van der Waals surface area contributed by atoms with Gasteiger partial charge in [-0.25, -0.2) is 0 Å². The molecule has 2 N–H and O–H groups in total. The number of carbonyl (C=O) groups is 1. The van der Waals surface area contributed by atoms with Gasteiger partial charge in [-0.15, -0.1) is 0 Å². The van der Waals surface area contributed by atoms with Crippen LogP contribution in [0.3, 0.4) is 0 Å². The van der Waals surface area contributed by atoms with Crippen molar-refractivity contribution in [2.24, 2.45) is 11.1 Å². The molecule has 1 aliphatic heterocycles. The number of piperidine rings is 1. The molecule has 1 rings (SSSR count). The predicted molar refractivity (Wildman–Crippen MR) is 76.3 cm³/mol. The molecular formula is C15H30N2O. The van der Waals surface area contributed by atoms with Crippen LogP contribution in [0.4, 0.5) is 0 Å². The zero-order chi connectivity index (χ0) is 13.8. The van der Waals surface area contributed by atoms with E-state index in [4.69, 9.17) is 5.73 Å². The standard InChI is InChI=1S/C15H30N2O/c1-12-6-5-7-13(2)17(12)14(18)8-9-15(3,4)10-11-16/h12-13H,5-11,16H2,1-4H3/t12-,13+. The summed E-state index contributed by atoms with van der Waals surface area (Å²) in [6.07, 6.45) is 6.17. The molecule has 3 heteroatoms. The Morgan fingerprint density at radius 3 is 2.28 bits per heavy atom. The first-order valence-electron chi connectivity index (χ1n) is 7.38. The van der Waals surface area contributed by atoms with E-state index in [9.17, 15) is 4.79 Å². The van der Waals surface area contributed by atoms with Crippen LogP contribution in [0.25, 0.3) is 0 Å². The van der Waals surface area contributed by atoms with Gasteiger partial charge in [-0.2, -0.15) is 0 Å². The normalized spacial score (nSPS) is 25.3. The average Bonchev–Trinajstić information content (AvgIpc) is 2.26. The molecule has 1 fully saturated rings. The summed E-state index contributed by atoms with van der Waals surface area (Å²) in [4.78, 5) is 14.5. The van der Waals surface area contributed by atoms with E-state index < -0.39 is 0 Å². The monoisotopic (exact) mass is 254 g/mol. The van der Waals surface area contributed by atoms with Crippen molar-refractivity contribution in [3.63, 3.8) is 0 Å². The molecule has 0 bridgehead atoms. The quantitative estimate of drug-likeness (QED) is 0.820. The predicted octanol–water partition coefficient (Wildman–Crippen LogP) is 2.93. The van der Waals surface area contributed by atoms with Crippen molar-refractivity contribution < 1.29 is 4.79 Å². The molecule has 0 aromatic carbocycles. The Labute approximate surface area is 112 Å². The second kappa shape index (κ2) is 6.55. The summed E-state index contributed by atoms with van der Waals surface area (Å²) in [6.45, 7) is 9.47. The summed E-state index contributed by atoms with van der Waals surface area (Å²) >= 11 is 0. The molecule has 1 heterocycles. The first-order valence-corrected chi connectivity index (χ1v) is 7.38. The van der Waals surface area contributed by atoms with E-state index >= 15 is 0 Å². The van der Waals surface area contributed by atoms with Gasteiger partial charge >= 0.3 is 0 Å². The second-order valence-corrected chi connectivity index (χ2v) is 6.63. The van der Waals surface area contributed by atoms with Crippen LogP contribution in [0.1, 0.15) is 66.2 Å². The summed E-state index contributed by atoms with van der Waals surface area (Å²) in [6, 6.07) is 0.831. The first-order chi connectivity index (χ1) is 8.37. The molecule has 0 aromatic rings. The minimum absolute atomic E-state index is 0.187. The highest BCUT2D eigenvalue weighted by molar-refractivity contribution is 5.77. The van der Waals surface area contributed by atoms with Gasteiger partial charge in [0, 0.05) is 18.5 Å². The second-order valence-electron chi connectivity index (χ2n) is 6.63. The lowest BCUT2D eigenvalue weighted by molar-refractivity contribution is -0.137. The molecule has 3 nitrogen and oxygen atoms in total. The van der Waals surface area contributed by atoms with Crippen molar-refractivity contribution in [1.29, 1.82) is 0 Å². The van der Waals surface area contributed by atoms with E-state index in [0.29, 0.717) is 31.0 Å². The number of hydrogen-bond acceptors (Lipinski definition) is 2. The highest BCUT2D eigenvalue weighted by Gasteiger charge is 2.29. The van der Waals surface area contributed by atoms with Gasteiger partial charge in [0.05, 0.1) is 0 Å². The van der Waals surface area contributed by atoms with Crippen LogP contribution >= 0.6 is 0 Å². The van der Waals surface area contributed by atoms with E-state index in [0.717, 1.165) is 25.7 Å². The first kappa shape index (κ1) is 15.5. The molecule has 0 aliphatic carbocycles. The Bertz CT molecular complexity index is 266. The van der Waals surface area contributed by atoms with Gasteiger partial charge in [-0.05, 0) is 57.9 Å². The molecule has 0 spiro atoms. The Hall–Kier alpha value is -0.570. The SMILES string of the molecule is C[C@@H]1CCC[C@H](C)N1C(=O)CCC(C)(C)CCN. The van der Waals surface area contributed by atoms with Crippen molar-refractivity contribution in [3.8, 4) is 0 Å². The van der Waals surface area contributed by atoms with Crippen LogP contribution < -0.4 is 5.73 Å². The van der Waals surface area contributed by atoms with Crippen molar-refractivity contribution in [2.45, 2.75) is 78.3 Å². The fourth-order valence-electron chi connectivity index (χ4n) is 3.00. The summed E-state index contributed by atoms with van der Waals surface area (Å²) in [5, 5.41) is 0. The van der Waals surface area contributed by atoms with Gasteiger partial charge in [0.1, 0.15) is 0 Å². The number of amides is 1. The number of carbonyl (C=O) groups excluding carboxylic acids is 1. The fraction of sp³-hybridized carbons (Fsp3) is 0.933. The van der Waals surface area contributed by atoms with Gasteiger partial charge in [-0.3, -0.25) is 4.79 Å². The van der Waals surface area contributed by atoms with Gasteiger partial charge in [0.2, 0.25) is 5.91 Å². The lowest BCUT2D eigenvalue weighted by Gasteiger charge is -2.39. The van der Waals surface area contributed by atoms with E-state index in [1.807, 2.05) is 0 Å². The van der Waals surface area contributed by atoms with Crippen molar-refractivity contribution in [3.05, 3.63) is 0 Å². The third kappa shape index (κ3) is 4.27. The number of likely N-dealkylation sites (tertiary alicyclic amines) is 1. The molecule has 0 aromatic heterocycles. The number of hydrogen-bond donors (Lipinski definition) is 1. The molecule has 0 unspecified atom stereocenters. The zero-order valence-corrected chi connectivity index (χ0v) is 12.5. The zero-order valence-electron chi connectivity index (χ0n) is 12.5. The molecule has 2 atom stereocenters. The Morgan fingerprint density at radius 2 is 1.78 bits per heavy atom. The van der Waals surface area contributed by atoms with Crippen LogP contribution in [0.5, 0.6) is 0 Å². The number of nitrogens with zero attached hydrogens (tertiary/aromatic N) is 1. The van der Waals surface area contributed by atoms with Crippen molar-refractivity contribution in [2.75, 3.05) is 6.54 Å². The van der Waals surface area contributed by atoms with Crippen molar-refractivity contribution >= 4 is 5.91 Å². The van der Waals surface area contributed by atoms with Crippen LogP contribution in [-0.2, 0) is 4.79 Å². The number of nitrogens with two attached hydrogens (primary N) is 1. The maximum atomic E-state index is 12.4. The maximum Gasteiger partial charge on any atom is 0.223 e. The molecule has 106 valence electrons. The van der Waals surface area contributed by atoms with Gasteiger partial charge < -0.3 is 10.6 Å². The van der Waals surface area contributed by atoms with Crippen LogP contribution in [0.15, 0.2) is 0 Å². The minimum atomic E-state index is 0.187. The Morgan fingerprint density at radius 1 is 1.22 bits per heavy atom. The molecule has 0 radical (unpaired) electrons. The summed E-state index contributed by atoms with van der Waals surface area (Å²) in [7, 11) is 0. The highest BCUT2D eigenvalue weighted by Crippen LogP contribution is 2.28. The van der Waals surface area contributed by atoms with E-state index in [2.05, 4.69) is 32.6 Å². The topological polar surface area (TPSA) is 46.3 Å². The smallest absolute Gasteiger partial charge is 0.223 e. The lowest BCUT2D eigenvalue weighted by atomic mass is 9.84. The minimum Gasteiger partial charge on any atom is -0.337 e. The van der Waals surface area contributed by atoms with E-state index in [1.54, 1.807) is 0 Å². The molecule has 18 heavy (non-hydrogen) atoms. The van der Waals surface area contributed by atoms with Gasteiger partial charge in [0.25, 0.3) is 0 Å². The van der Waals surface area contributed by atoms with Crippen LogP contribution in [-0.4, -0.2) is 29.4 Å². The molecule has 0 saturated carbocycles. The maximum absolute atomic E-state index is 12.4. The number of rotatable bonds is 5. The van der Waals surface area contributed by atoms with E-state index in [1.165, 1.54) is 6.42 Å². The van der Waals surface area contributed by atoms with E-state index in [-0.39, 0.29) is 5.41 Å². The lowest BCUT2D eigenvalue weighted by Crippen LogP contribution is -2.47. The van der Waals surface area contributed by atoms with Gasteiger partial charge in [-0.1, -0.05) is 13.8 Å². The summed E-state index contributed by atoms with van der Waals surface area (Å²) in [5.74, 6) is 0.333. The van der Waals surface area contributed by atoms with Crippen molar-refractivity contribution in [1.82, 2.24) is 4.90 Å². The largest absolute Gasteiger partial charge is 0.337 e. The summed E-state index contributed by atoms with van der Waals surface area (Å²) in [5.41, 5.74) is 5.80. The molecule has 1 aliphatic rings. The highest BCUT2D eigenvalue weighted by atomic mass is 16.2. The fourth-order valence-corrected chi connectivity index (χ4v) is 3.00. The van der Waals surface area contributed by atoms with Gasteiger partial charge in [0.15, 0.2) is 0 Å². The molecule has 1 saturated heterocycles. The van der Waals surface area contributed by atoms with Crippen LogP contribution in [0.2, 0.25) is 0 Å². The third-order valence-corrected chi connectivity index (χ3v) is 4.32. The van der Waals surface area contributed by atoms with Crippen LogP contribution in [0, 0.1) is 5.41 Å². The average molecular weight is 254 g/mol. The Kier molecular flexibility index (Phi) is 5.64. The third-order valence-electron chi connectivity index (χ3n) is 4.32.